The lowest BCUT2D eigenvalue weighted by atomic mass is 10.1. The van der Waals surface area contributed by atoms with Gasteiger partial charge in [0.15, 0.2) is 40.6 Å². The summed E-state index contributed by atoms with van der Waals surface area (Å²) in [4.78, 5) is 93.6. The van der Waals surface area contributed by atoms with Crippen molar-refractivity contribution in [1.29, 1.82) is 0 Å². The van der Waals surface area contributed by atoms with Gasteiger partial charge in [-0.15, -0.1) is 0 Å². The van der Waals surface area contributed by atoms with Crippen LogP contribution in [-0.2, 0) is 45.4 Å². The van der Waals surface area contributed by atoms with Gasteiger partial charge in [0, 0.05) is 0 Å². The molecule has 2 fully saturated rings. The number of aliphatic hydroxyl groups excluding tert-OH is 4. The first-order chi connectivity index (χ1) is 25.4. The van der Waals surface area contributed by atoms with E-state index in [-0.39, 0.29) is 28.3 Å². The summed E-state index contributed by atoms with van der Waals surface area (Å²) in [7, 11) is -24.6. The second-order valence-corrected chi connectivity index (χ2v) is 17.8. The van der Waals surface area contributed by atoms with E-state index in [9.17, 15) is 72.7 Å². The molecule has 55 heavy (non-hydrogen) atoms. The van der Waals surface area contributed by atoms with Crippen molar-refractivity contribution in [2.24, 2.45) is 0 Å². The molecule has 35 heteroatoms. The van der Waals surface area contributed by atoms with Crippen molar-refractivity contribution in [1.82, 2.24) is 39.0 Å². The minimum atomic E-state index is -6.39. The number of aromatic amines is 2. The van der Waals surface area contributed by atoms with Crippen molar-refractivity contribution in [3.63, 3.8) is 0 Å². The Balaban J connectivity index is 1.16. The minimum absolute atomic E-state index is 0.211. The first-order valence-electron chi connectivity index (χ1n) is 14.6. The van der Waals surface area contributed by atoms with Crippen molar-refractivity contribution < 1.29 is 90.3 Å². The van der Waals surface area contributed by atoms with Crippen LogP contribution in [0.4, 0.5) is 11.9 Å². The number of hydrogen-bond acceptors (Lipinski definition) is 22. The highest BCUT2D eigenvalue weighted by Gasteiger charge is 2.58. The maximum atomic E-state index is 13.3. The van der Waals surface area contributed by atoms with Gasteiger partial charge >= 0.3 is 31.1 Å². The van der Waals surface area contributed by atoms with Crippen LogP contribution in [0.25, 0.3) is 22.3 Å². The average molecular weight is 868 g/mol. The zero-order valence-electron chi connectivity index (χ0n) is 26.6. The van der Waals surface area contributed by atoms with Crippen LogP contribution in [0.15, 0.2) is 22.2 Å². The van der Waals surface area contributed by atoms with Crippen LogP contribution in [0.5, 0.6) is 0 Å². The summed E-state index contributed by atoms with van der Waals surface area (Å²) >= 11 is 0. The fraction of sp³-hybridized carbons (Fsp3) is 0.500. The second kappa shape index (κ2) is 14.5. The van der Waals surface area contributed by atoms with Crippen LogP contribution in [0.1, 0.15) is 12.5 Å². The Bertz CT molecular complexity index is 2430. The molecule has 12 unspecified atom stereocenters. The zero-order chi connectivity index (χ0) is 40.6. The molecule has 4 aromatic rings. The number of phosphoric ester groups is 2. The molecule has 31 nitrogen and oxygen atoms in total. The highest BCUT2D eigenvalue weighted by Crippen LogP contribution is 2.70. The summed E-state index contributed by atoms with van der Waals surface area (Å²) in [5, 5.41) is 42.4. The van der Waals surface area contributed by atoms with E-state index < -0.39 is 110 Å². The van der Waals surface area contributed by atoms with Crippen LogP contribution in [-0.4, -0.2) is 133 Å². The third-order valence-corrected chi connectivity index (χ3v) is 13.3. The maximum absolute atomic E-state index is 13.3. The number of aromatic nitrogens is 8. The number of aliphatic hydroxyl groups is 4. The largest absolute Gasteiger partial charge is 0.488 e. The van der Waals surface area contributed by atoms with Gasteiger partial charge in [-0.25, -0.2) is 28.0 Å². The van der Waals surface area contributed by atoms with E-state index in [1.807, 2.05) is 0 Å². The van der Waals surface area contributed by atoms with Gasteiger partial charge in [-0.1, -0.05) is 0 Å². The molecule has 0 radical (unpaired) electrons. The van der Waals surface area contributed by atoms with Gasteiger partial charge in [-0.3, -0.25) is 42.3 Å². The minimum Gasteiger partial charge on any atom is -0.387 e. The highest BCUT2D eigenvalue weighted by molar-refractivity contribution is 7.68. The molecule has 0 aliphatic carbocycles. The predicted molar refractivity (Wildman–Crippen MR) is 171 cm³/mol. The number of rotatable bonds is 13. The summed E-state index contributed by atoms with van der Waals surface area (Å²) < 4.78 is 80.0. The Morgan fingerprint density at radius 1 is 0.745 bits per heavy atom. The zero-order valence-corrected chi connectivity index (χ0v) is 30.2. The van der Waals surface area contributed by atoms with Crippen molar-refractivity contribution in [2.45, 2.75) is 54.9 Å². The van der Waals surface area contributed by atoms with E-state index in [4.69, 9.17) is 20.9 Å². The number of nitrogens with one attached hydrogen (secondary N) is 2. The molecule has 2 aliphatic heterocycles. The van der Waals surface area contributed by atoms with Gasteiger partial charge in [0.25, 0.3) is 11.1 Å². The van der Waals surface area contributed by atoms with Crippen molar-refractivity contribution in [3.8, 4) is 0 Å². The molecule has 2 aliphatic rings. The van der Waals surface area contributed by atoms with E-state index in [0.29, 0.717) is 0 Å². The summed E-state index contributed by atoms with van der Waals surface area (Å²) in [5.41, 5.74) is 8.19. The van der Waals surface area contributed by atoms with Gasteiger partial charge < -0.3 is 65.8 Å². The number of H-pyrrole nitrogens is 2. The number of nitrogen functional groups attached to an aromatic ring is 2. The van der Waals surface area contributed by atoms with Crippen LogP contribution in [0, 0.1) is 0 Å². The monoisotopic (exact) mass is 868 g/mol. The molecular weight excluding hydrogens is 840 g/mol. The lowest BCUT2D eigenvalue weighted by molar-refractivity contribution is -0.0649. The van der Waals surface area contributed by atoms with Gasteiger partial charge in [0.2, 0.25) is 11.9 Å². The standard InChI is InChI=1S/C20H28N10O21P4/c21-19-25-12-5(14(35)27-19)23-2-29(12)16-9(33)7(31)4(47-16)1-46-54(42,43)51-55(44,45)50-52(37,38)18(49-53(39,40)41)11-8(32)10(34)17(48-11)30-3-24-6-13(30)26-20(22)28-15(6)36/h2-4,7-11,16-18,31-34H,1H2,(H,37,38)(H,42,43)(H,44,45)(H2,39,40,41)(H3,21,25,27,35)(H3,22,26,28,36). The molecule has 0 amide bonds. The molecular formula is C20H28N10O21P4. The van der Waals surface area contributed by atoms with Crippen LogP contribution in [0.3, 0.4) is 0 Å². The normalized spacial score (nSPS) is 30.0. The first-order valence-corrected chi connectivity index (χ1v) is 20.8. The molecule has 0 aromatic carbocycles. The van der Waals surface area contributed by atoms with Crippen LogP contribution in [0.2, 0.25) is 0 Å². The first kappa shape index (κ1) is 41.3. The summed E-state index contributed by atoms with van der Waals surface area (Å²) in [5.74, 6) is -4.00. The number of anilines is 2. The lowest BCUT2D eigenvalue weighted by Gasteiger charge is -2.29. The fourth-order valence-corrected chi connectivity index (χ4v) is 10.9. The van der Waals surface area contributed by atoms with Crippen molar-refractivity contribution in [2.75, 3.05) is 18.1 Å². The summed E-state index contributed by atoms with van der Waals surface area (Å²) in [6.07, 6.45) is -14.4. The molecule has 6 heterocycles. The number of hydrogen-bond donors (Lipinski definition) is 13. The van der Waals surface area contributed by atoms with Crippen LogP contribution >= 0.6 is 31.1 Å². The second-order valence-electron chi connectivity index (χ2n) is 11.5. The molecule has 304 valence electrons. The molecule has 2 saturated heterocycles. The maximum Gasteiger partial charge on any atom is 0.488 e. The fourth-order valence-electron chi connectivity index (χ4n) is 5.48. The molecule has 4 aromatic heterocycles. The number of imidazole rings is 2. The predicted octanol–water partition coefficient (Wildman–Crippen LogP) is -4.47. The van der Waals surface area contributed by atoms with Crippen molar-refractivity contribution >= 4 is 65.3 Å². The summed E-state index contributed by atoms with van der Waals surface area (Å²) in [6.45, 7) is -1.22. The van der Waals surface area contributed by atoms with E-state index in [2.05, 4.69) is 47.6 Å². The quantitative estimate of drug-likeness (QED) is 0.0563. The topological polar surface area (TPSA) is 485 Å². The molecule has 12 atom stereocenters. The molecule has 0 saturated carbocycles. The third-order valence-electron chi connectivity index (χ3n) is 7.74. The molecule has 6 rings (SSSR count). The van der Waals surface area contributed by atoms with Gasteiger partial charge in [0.1, 0.15) is 36.6 Å². The molecule has 0 bridgehead atoms. The number of phosphoric acid groups is 3. The van der Waals surface area contributed by atoms with E-state index in [1.165, 1.54) is 0 Å². The smallest absolute Gasteiger partial charge is 0.387 e. The van der Waals surface area contributed by atoms with Crippen LogP contribution < -0.4 is 22.6 Å². The summed E-state index contributed by atoms with van der Waals surface area (Å²) in [6, 6.07) is 0. The Hall–Kier alpha value is -3.38. The van der Waals surface area contributed by atoms with E-state index in [0.717, 1.165) is 21.8 Å². The molecule has 0 spiro atoms. The number of fused-ring (bicyclic) bond motifs is 2. The van der Waals surface area contributed by atoms with Gasteiger partial charge in [-0.2, -0.15) is 14.3 Å². The SMILES string of the molecule is Nc1nc2c(ncn2C2OC(COP(=O)(O)OP(=O)(O)OP(=O)(O)C(OP(=O)(O)O)C3OC(n4cnc5c(=O)[nH]c(N)nc54)C(O)C3O)C(O)C2O)c(=O)[nH]1. The Kier molecular flexibility index (Phi) is 10.9. The van der Waals surface area contributed by atoms with E-state index >= 15 is 0 Å². The van der Waals surface area contributed by atoms with E-state index in [1.54, 1.807) is 0 Å². The Morgan fingerprint density at radius 2 is 1.24 bits per heavy atom. The Labute approximate surface area is 301 Å². The Morgan fingerprint density at radius 3 is 1.75 bits per heavy atom. The highest BCUT2D eigenvalue weighted by atomic mass is 31.3. The number of ether oxygens (including phenoxy) is 2. The van der Waals surface area contributed by atoms with Gasteiger partial charge in [-0.05, 0) is 0 Å². The van der Waals surface area contributed by atoms with Gasteiger partial charge in [0.05, 0.1) is 19.3 Å². The third kappa shape index (κ3) is 8.36. The van der Waals surface area contributed by atoms with Crippen molar-refractivity contribution in [3.05, 3.63) is 33.4 Å². The number of nitrogens with two attached hydrogens (primary N) is 2. The lowest BCUT2D eigenvalue weighted by Crippen LogP contribution is -2.40. The number of nitrogens with zero attached hydrogens (tertiary/aromatic N) is 6. The molecule has 15 N–H and O–H groups in total. The average Bonchev–Trinajstić information content (AvgIpc) is 3.79.